The number of amides is 1. The van der Waals surface area contributed by atoms with E-state index in [0.717, 1.165) is 11.4 Å². The number of rotatable bonds is 5. The zero-order valence-electron chi connectivity index (χ0n) is 8.12. The third-order valence-electron chi connectivity index (χ3n) is 1.63. The first-order chi connectivity index (χ1) is 6.72. The fourth-order valence-corrected chi connectivity index (χ4v) is 1.02. The molecule has 76 valence electrons. The quantitative estimate of drug-likeness (QED) is 0.734. The number of primary amides is 1. The molecule has 0 fully saturated rings. The van der Waals surface area contributed by atoms with Gasteiger partial charge in [0.25, 0.3) is 0 Å². The Hall–Kier alpha value is -1.71. The minimum atomic E-state index is -0.376. The molecule has 1 amide bonds. The van der Waals surface area contributed by atoms with Gasteiger partial charge in [0.2, 0.25) is 5.91 Å². The summed E-state index contributed by atoms with van der Waals surface area (Å²) in [5, 5.41) is 2.88. The van der Waals surface area contributed by atoms with Gasteiger partial charge in [-0.2, -0.15) is 0 Å². The van der Waals surface area contributed by atoms with Crippen molar-refractivity contribution in [2.24, 2.45) is 5.73 Å². The van der Waals surface area contributed by atoms with Crippen LogP contribution in [0.2, 0.25) is 0 Å². The maximum Gasteiger partial charge on any atom is 0.236 e. The van der Waals surface area contributed by atoms with Crippen LogP contribution in [0.4, 0.5) is 5.69 Å². The van der Waals surface area contributed by atoms with Gasteiger partial charge in [0, 0.05) is 5.69 Å². The summed E-state index contributed by atoms with van der Waals surface area (Å²) in [5.41, 5.74) is 5.85. The molecule has 0 saturated carbocycles. The highest BCUT2D eigenvalue weighted by Crippen LogP contribution is 2.14. The summed E-state index contributed by atoms with van der Waals surface area (Å²) in [4.78, 5) is 10.5. The van der Waals surface area contributed by atoms with E-state index < -0.39 is 0 Å². The molecule has 0 unspecified atom stereocenters. The maximum atomic E-state index is 10.5. The fraction of sp³-hybridized carbons (Fsp3) is 0.300. The van der Waals surface area contributed by atoms with E-state index in [1.165, 1.54) is 0 Å². The van der Waals surface area contributed by atoms with Crippen LogP contribution < -0.4 is 15.8 Å². The number of hydrogen-bond acceptors (Lipinski definition) is 3. The Morgan fingerprint density at radius 3 is 2.57 bits per heavy atom. The molecule has 0 bridgehead atoms. The number of anilines is 1. The molecule has 0 saturated heterocycles. The SMILES string of the molecule is CCOc1ccc(NCC(N)=O)cc1. The molecule has 14 heavy (non-hydrogen) atoms. The van der Waals surface area contributed by atoms with Gasteiger partial charge in [-0.1, -0.05) is 0 Å². The third-order valence-corrected chi connectivity index (χ3v) is 1.63. The Labute approximate surface area is 83.1 Å². The highest BCUT2D eigenvalue weighted by molar-refractivity contribution is 5.78. The Balaban J connectivity index is 2.50. The van der Waals surface area contributed by atoms with Crippen molar-refractivity contribution in [3.05, 3.63) is 24.3 Å². The van der Waals surface area contributed by atoms with Gasteiger partial charge in [0.15, 0.2) is 0 Å². The van der Waals surface area contributed by atoms with Crippen LogP contribution in [0.1, 0.15) is 6.92 Å². The first kappa shape index (κ1) is 10.4. The zero-order chi connectivity index (χ0) is 10.4. The molecule has 0 aliphatic heterocycles. The molecule has 0 radical (unpaired) electrons. The van der Waals surface area contributed by atoms with Crippen molar-refractivity contribution in [1.82, 2.24) is 0 Å². The van der Waals surface area contributed by atoms with Crippen LogP contribution in [0.3, 0.4) is 0 Å². The lowest BCUT2D eigenvalue weighted by atomic mass is 10.3. The lowest BCUT2D eigenvalue weighted by Crippen LogP contribution is -2.21. The molecule has 4 heteroatoms. The molecule has 3 N–H and O–H groups in total. The molecule has 0 heterocycles. The molecule has 1 aromatic rings. The van der Waals surface area contributed by atoms with Crippen LogP contribution in [0.5, 0.6) is 5.75 Å². The highest BCUT2D eigenvalue weighted by Gasteiger charge is 1.95. The van der Waals surface area contributed by atoms with Crippen molar-refractivity contribution in [1.29, 1.82) is 0 Å². The van der Waals surface area contributed by atoms with E-state index in [1.807, 2.05) is 31.2 Å². The van der Waals surface area contributed by atoms with Crippen LogP contribution in [0.25, 0.3) is 0 Å². The van der Waals surface area contributed by atoms with Crippen LogP contribution in [-0.4, -0.2) is 19.1 Å². The molecule has 0 aromatic heterocycles. The first-order valence-electron chi connectivity index (χ1n) is 4.47. The van der Waals surface area contributed by atoms with Crippen molar-refractivity contribution in [2.45, 2.75) is 6.92 Å². The summed E-state index contributed by atoms with van der Waals surface area (Å²) in [5.74, 6) is 0.441. The highest BCUT2D eigenvalue weighted by atomic mass is 16.5. The average Bonchev–Trinajstić information content (AvgIpc) is 2.17. The Kier molecular flexibility index (Phi) is 3.79. The third kappa shape index (κ3) is 3.35. The normalized spacial score (nSPS) is 9.50. The fourth-order valence-electron chi connectivity index (χ4n) is 1.02. The molecule has 0 aliphatic carbocycles. The lowest BCUT2D eigenvalue weighted by Gasteiger charge is -2.05. The van der Waals surface area contributed by atoms with E-state index in [9.17, 15) is 4.79 Å². The summed E-state index contributed by atoms with van der Waals surface area (Å²) in [7, 11) is 0. The molecule has 4 nitrogen and oxygen atoms in total. The number of nitrogens with two attached hydrogens (primary N) is 1. The van der Waals surface area contributed by atoms with E-state index >= 15 is 0 Å². The molecule has 1 rings (SSSR count). The van der Waals surface area contributed by atoms with Crippen molar-refractivity contribution in [2.75, 3.05) is 18.5 Å². The van der Waals surface area contributed by atoms with Gasteiger partial charge >= 0.3 is 0 Å². The topological polar surface area (TPSA) is 64.3 Å². The molecular formula is C10H14N2O2. The molecule has 0 spiro atoms. The maximum absolute atomic E-state index is 10.5. The van der Waals surface area contributed by atoms with Crippen molar-refractivity contribution in [3.8, 4) is 5.75 Å². The van der Waals surface area contributed by atoms with Crippen molar-refractivity contribution < 1.29 is 9.53 Å². The van der Waals surface area contributed by atoms with Crippen molar-refractivity contribution >= 4 is 11.6 Å². The second-order valence-electron chi connectivity index (χ2n) is 2.78. The van der Waals surface area contributed by atoms with Crippen LogP contribution in [0.15, 0.2) is 24.3 Å². The first-order valence-corrected chi connectivity index (χ1v) is 4.47. The van der Waals surface area contributed by atoms with E-state index in [0.29, 0.717) is 6.61 Å². The van der Waals surface area contributed by atoms with Gasteiger partial charge in [-0.25, -0.2) is 0 Å². The van der Waals surface area contributed by atoms with E-state index in [1.54, 1.807) is 0 Å². The molecular weight excluding hydrogens is 180 g/mol. The Morgan fingerprint density at radius 2 is 2.07 bits per heavy atom. The second-order valence-corrected chi connectivity index (χ2v) is 2.78. The minimum absolute atomic E-state index is 0.147. The molecule has 1 aromatic carbocycles. The number of hydrogen-bond donors (Lipinski definition) is 2. The van der Waals surface area contributed by atoms with E-state index in [4.69, 9.17) is 10.5 Å². The van der Waals surface area contributed by atoms with Crippen LogP contribution in [-0.2, 0) is 4.79 Å². The van der Waals surface area contributed by atoms with E-state index in [2.05, 4.69) is 5.32 Å². The predicted molar refractivity (Wildman–Crippen MR) is 55.3 cm³/mol. The molecule has 0 atom stereocenters. The smallest absolute Gasteiger partial charge is 0.236 e. The summed E-state index contributed by atoms with van der Waals surface area (Å²) in [6, 6.07) is 7.36. The predicted octanol–water partition coefficient (Wildman–Crippen LogP) is 0.982. The Bertz CT molecular complexity index is 295. The lowest BCUT2D eigenvalue weighted by molar-refractivity contribution is -0.116. The van der Waals surface area contributed by atoms with Gasteiger partial charge in [0.1, 0.15) is 5.75 Å². The summed E-state index contributed by atoms with van der Waals surface area (Å²) in [6.07, 6.45) is 0. The number of ether oxygens (including phenoxy) is 1. The average molecular weight is 194 g/mol. The van der Waals surface area contributed by atoms with Crippen LogP contribution in [0, 0.1) is 0 Å². The van der Waals surface area contributed by atoms with Gasteiger partial charge < -0.3 is 15.8 Å². The molecule has 0 aliphatic rings. The number of benzene rings is 1. The minimum Gasteiger partial charge on any atom is -0.494 e. The second kappa shape index (κ2) is 5.11. The van der Waals surface area contributed by atoms with Gasteiger partial charge in [-0.05, 0) is 31.2 Å². The number of carbonyl (C=O) groups excluding carboxylic acids is 1. The largest absolute Gasteiger partial charge is 0.494 e. The summed E-state index contributed by atoms with van der Waals surface area (Å²) in [6.45, 7) is 2.72. The number of carbonyl (C=O) groups is 1. The number of nitrogens with one attached hydrogen (secondary N) is 1. The van der Waals surface area contributed by atoms with Gasteiger partial charge in [-0.15, -0.1) is 0 Å². The standard InChI is InChI=1S/C10H14N2O2/c1-2-14-9-5-3-8(4-6-9)12-7-10(11)13/h3-6,12H,2,7H2,1H3,(H2,11,13). The monoisotopic (exact) mass is 194 g/mol. The van der Waals surface area contributed by atoms with Gasteiger partial charge in [-0.3, -0.25) is 4.79 Å². The van der Waals surface area contributed by atoms with E-state index in [-0.39, 0.29) is 12.5 Å². The summed E-state index contributed by atoms with van der Waals surface area (Å²) >= 11 is 0. The zero-order valence-corrected chi connectivity index (χ0v) is 8.12. The van der Waals surface area contributed by atoms with Crippen LogP contribution >= 0.6 is 0 Å². The van der Waals surface area contributed by atoms with Crippen molar-refractivity contribution in [3.63, 3.8) is 0 Å². The Morgan fingerprint density at radius 1 is 1.43 bits per heavy atom. The van der Waals surface area contributed by atoms with Gasteiger partial charge in [0.05, 0.1) is 13.2 Å². The summed E-state index contributed by atoms with van der Waals surface area (Å²) < 4.78 is 5.27.